The van der Waals surface area contributed by atoms with Crippen molar-refractivity contribution in [3.05, 3.63) is 44.2 Å². The lowest BCUT2D eigenvalue weighted by Gasteiger charge is -2.09. The van der Waals surface area contributed by atoms with Crippen LogP contribution in [0.4, 0.5) is 0 Å². The van der Waals surface area contributed by atoms with Crippen LogP contribution >= 0.6 is 15.9 Å². The number of benzene rings is 1. The number of halogens is 1. The Morgan fingerprint density at radius 2 is 2.36 bits per heavy atom. The number of nitrogens with zero attached hydrogens (tertiary/aromatic N) is 3. The number of azide groups is 1. The zero-order valence-corrected chi connectivity index (χ0v) is 9.27. The van der Waals surface area contributed by atoms with Gasteiger partial charge in [0.1, 0.15) is 0 Å². The molecule has 5 heteroatoms. The van der Waals surface area contributed by atoms with Crippen LogP contribution in [0.2, 0.25) is 0 Å². The second-order valence-corrected chi connectivity index (χ2v) is 3.77. The van der Waals surface area contributed by atoms with Crippen molar-refractivity contribution in [2.45, 2.75) is 13.0 Å². The van der Waals surface area contributed by atoms with E-state index in [-0.39, 0.29) is 6.61 Å². The van der Waals surface area contributed by atoms with Crippen LogP contribution in [-0.2, 0) is 0 Å². The summed E-state index contributed by atoms with van der Waals surface area (Å²) in [4.78, 5) is 2.69. The highest BCUT2D eigenvalue weighted by atomic mass is 79.9. The van der Waals surface area contributed by atoms with E-state index in [0.29, 0.717) is 0 Å². The van der Waals surface area contributed by atoms with E-state index >= 15 is 0 Å². The van der Waals surface area contributed by atoms with Gasteiger partial charge in [-0.3, -0.25) is 0 Å². The molecule has 74 valence electrons. The largest absolute Gasteiger partial charge is 0.396 e. The van der Waals surface area contributed by atoms with Crippen LogP contribution in [0.5, 0.6) is 0 Å². The van der Waals surface area contributed by atoms with E-state index in [1.807, 2.05) is 25.1 Å². The van der Waals surface area contributed by atoms with Gasteiger partial charge in [0.2, 0.25) is 0 Å². The number of aliphatic hydroxyl groups excluding tert-OH is 1. The Kier molecular flexibility index (Phi) is 3.95. The molecular formula is C9H10BrN3O. The summed E-state index contributed by atoms with van der Waals surface area (Å²) in [6.07, 6.45) is 0. The van der Waals surface area contributed by atoms with Gasteiger partial charge in [-0.05, 0) is 29.6 Å². The first kappa shape index (κ1) is 11.0. The van der Waals surface area contributed by atoms with Gasteiger partial charge in [-0.1, -0.05) is 33.2 Å². The Balaban J connectivity index is 3.05. The monoisotopic (exact) mass is 255 g/mol. The molecule has 1 N–H and O–H groups in total. The van der Waals surface area contributed by atoms with Crippen LogP contribution in [0, 0.1) is 6.92 Å². The first-order valence-electron chi connectivity index (χ1n) is 4.10. The lowest BCUT2D eigenvalue weighted by molar-refractivity contribution is 0.268. The van der Waals surface area contributed by atoms with Gasteiger partial charge in [0.15, 0.2) is 0 Å². The SMILES string of the molecule is Cc1cc(C(CO)N=[N+]=[N-])ccc1Br. The summed E-state index contributed by atoms with van der Waals surface area (Å²) in [5.41, 5.74) is 10.2. The highest BCUT2D eigenvalue weighted by Crippen LogP contribution is 2.23. The predicted molar refractivity (Wildman–Crippen MR) is 57.9 cm³/mol. The third-order valence-corrected chi connectivity index (χ3v) is 2.82. The highest BCUT2D eigenvalue weighted by molar-refractivity contribution is 9.10. The van der Waals surface area contributed by atoms with E-state index < -0.39 is 6.04 Å². The van der Waals surface area contributed by atoms with E-state index in [2.05, 4.69) is 26.0 Å². The van der Waals surface area contributed by atoms with Crippen LogP contribution in [0.1, 0.15) is 17.2 Å². The maximum Gasteiger partial charge on any atom is 0.0856 e. The molecule has 0 heterocycles. The van der Waals surface area contributed by atoms with Crippen molar-refractivity contribution in [3.63, 3.8) is 0 Å². The summed E-state index contributed by atoms with van der Waals surface area (Å²) in [6.45, 7) is 1.77. The summed E-state index contributed by atoms with van der Waals surface area (Å²) in [6, 6.07) is 5.10. The average molecular weight is 256 g/mol. The Morgan fingerprint density at radius 1 is 1.64 bits per heavy atom. The molecule has 0 saturated heterocycles. The quantitative estimate of drug-likeness (QED) is 0.503. The summed E-state index contributed by atoms with van der Waals surface area (Å²) >= 11 is 3.37. The molecule has 0 aliphatic heterocycles. The molecule has 14 heavy (non-hydrogen) atoms. The number of aliphatic hydroxyl groups is 1. The van der Waals surface area contributed by atoms with E-state index in [1.165, 1.54) is 0 Å². The predicted octanol–water partition coefficient (Wildman–Crippen LogP) is 3.10. The summed E-state index contributed by atoms with van der Waals surface area (Å²) in [7, 11) is 0. The van der Waals surface area contributed by atoms with Gasteiger partial charge in [-0.2, -0.15) is 0 Å². The normalized spacial score (nSPS) is 11.9. The molecule has 1 aromatic carbocycles. The third kappa shape index (κ3) is 2.48. The molecule has 0 saturated carbocycles. The summed E-state index contributed by atoms with van der Waals surface area (Å²) in [5, 5.41) is 12.5. The molecule has 4 nitrogen and oxygen atoms in total. The summed E-state index contributed by atoms with van der Waals surface area (Å²) < 4.78 is 0.999. The average Bonchev–Trinajstić information content (AvgIpc) is 2.19. The van der Waals surface area contributed by atoms with E-state index in [4.69, 9.17) is 10.6 Å². The lowest BCUT2D eigenvalue weighted by Crippen LogP contribution is -2.00. The first-order valence-corrected chi connectivity index (χ1v) is 4.89. The van der Waals surface area contributed by atoms with Crippen molar-refractivity contribution in [1.29, 1.82) is 0 Å². The standard InChI is InChI=1S/C9H10BrN3O/c1-6-4-7(2-3-8(6)10)9(5-14)12-13-11/h2-4,9,14H,5H2,1H3. The molecule has 1 aromatic rings. The second-order valence-electron chi connectivity index (χ2n) is 2.91. The number of aryl methyl sites for hydroxylation is 1. The van der Waals surface area contributed by atoms with Crippen LogP contribution in [0.15, 0.2) is 27.8 Å². The van der Waals surface area contributed by atoms with Crippen molar-refractivity contribution < 1.29 is 5.11 Å². The zero-order valence-electron chi connectivity index (χ0n) is 7.68. The molecule has 0 aromatic heterocycles. The van der Waals surface area contributed by atoms with Gasteiger partial charge in [-0.25, -0.2) is 0 Å². The molecule has 0 fully saturated rings. The molecule has 1 rings (SSSR count). The van der Waals surface area contributed by atoms with Gasteiger partial charge in [-0.15, -0.1) is 0 Å². The Hall–Kier alpha value is -1.03. The summed E-state index contributed by atoms with van der Waals surface area (Å²) in [5.74, 6) is 0. The minimum Gasteiger partial charge on any atom is -0.396 e. The lowest BCUT2D eigenvalue weighted by atomic mass is 10.1. The van der Waals surface area contributed by atoms with Gasteiger partial charge >= 0.3 is 0 Å². The topological polar surface area (TPSA) is 69.0 Å². The highest BCUT2D eigenvalue weighted by Gasteiger charge is 2.08. The third-order valence-electron chi connectivity index (χ3n) is 1.93. The van der Waals surface area contributed by atoms with Crippen molar-refractivity contribution >= 4 is 15.9 Å². The fourth-order valence-electron chi connectivity index (χ4n) is 1.15. The van der Waals surface area contributed by atoms with Crippen LogP contribution in [0.3, 0.4) is 0 Å². The Morgan fingerprint density at radius 3 is 2.86 bits per heavy atom. The maximum atomic E-state index is 8.99. The fourth-order valence-corrected chi connectivity index (χ4v) is 1.39. The zero-order chi connectivity index (χ0) is 10.6. The number of hydrogen-bond acceptors (Lipinski definition) is 2. The van der Waals surface area contributed by atoms with Crippen LogP contribution in [-0.4, -0.2) is 11.7 Å². The van der Waals surface area contributed by atoms with E-state index in [0.717, 1.165) is 15.6 Å². The van der Waals surface area contributed by atoms with E-state index in [1.54, 1.807) is 0 Å². The molecule has 1 unspecified atom stereocenters. The molecule has 1 atom stereocenters. The van der Waals surface area contributed by atoms with Gasteiger partial charge < -0.3 is 5.11 Å². The van der Waals surface area contributed by atoms with Crippen LogP contribution < -0.4 is 0 Å². The van der Waals surface area contributed by atoms with Gasteiger partial charge in [0.25, 0.3) is 0 Å². The molecule has 0 aliphatic rings. The van der Waals surface area contributed by atoms with Crippen molar-refractivity contribution in [2.24, 2.45) is 5.11 Å². The van der Waals surface area contributed by atoms with E-state index in [9.17, 15) is 0 Å². The number of hydrogen-bond donors (Lipinski definition) is 1. The van der Waals surface area contributed by atoms with Crippen LogP contribution in [0.25, 0.3) is 10.4 Å². The second kappa shape index (κ2) is 5.00. The molecule has 0 aliphatic carbocycles. The minimum absolute atomic E-state index is 0.175. The van der Waals surface area contributed by atoms with Gasteiger partial charge in [0, 0.05) is 9.38 Å². The Labute approximate surface area is 90.3 Å². The molecule has 0 radical (unpaired) electrons. The van der Waals surface area contributed by atoms with Crippen molar-refractivity contribution in [3.8, 4) is 0 Å². The van der Waals surface area contributed by atoms with Crippen molar-refractivity contribution in [1.82, 2.24) is 0 Å². The molecule has 0 amide bonds. The maximum absolute atomic E-state index is 8.99. The minimum atomic E-state index is -0.494. The molecule has 0 bridgehead atoms. The van der Waals surface area contributed by atoms with Gasteiger partial charge in [0.05, 0.1) is 12.6 Å². The van der Waals surface area contributed by atoms with Crippen molar-refractivity contribution in [2.75, 3.05) is 6.61 Å². The smallest absolute Gasteiger partial charge is 0.0856 e. The molecular weight excluding hydrogens is 246 g/mol. The first-order chi connectivity index (χ1) is 6.69. The Bertz CT molecular complexity index is 374. The number of rotatable bonds is 3. The molecule has 0 spiro atoms. The fraction of sp³-hybridized carbons (Fsp3) is 0.333.